The first-order valence-electron chi connectivity index (χ1n) is 14.5. The normalized spacial score (nSPS) is 15.1. The van der Waals surface area contributed by atoms with Crippen LogP contribution in [0.15, 0.2) is 0 Å². The predicted octanol–water partition coefficient (Wildman–Crippen LogP) is 7.45. The summed E-state index contributed by atoms with van der Waals surface area (Å²) in [5.41, 5.74) is 0. The van der Waals surface area contributed by atoms with Gasteiger partial charge in [0, 0.05) is 57.5 Å². The van der Waals surface area contributed by atoms with Gasteiger partial charge in [0.1, 0.15) is 0 Å². The molecule has 0 radical (unpaired) electrons. The minimum atomic E-state index is -1.11. The maximum Gasteiger partial charge on any atom is 1.00 e. The van der Waals surface area contributed by atoms with Crippen LogP contribution in [0, 0.1) is 31.1 Å². The molecule has 7 nitrogen and oxygen atoms in total. The van der Waals surface area contributed by atoms with E-state index in [9.17, 15) is 0 Å². The summed E-state index contributed by atoms with van der Waals surface area (Å²) >= 11 is 0. The number of hydrogen-bond acceptors (Lipinski definition) is 2. The summed E-state index contributed by atoms with van der Waals surface area (Å²) in [6.45, 7) is 45.3. The molecule has 41 heavy (non-hydrogen) atoms. The van der Waals surface area contributed by atoms with Gasteiger partial charge in [-0.3, -0.25) is 0 Å². The third kappa shape index (κ3) is 75.3. The van der Waals surface area contributed by atoms with E-state index in [1.807, 2.05) is 0 Å². The fraction of sp³-hybridized carbons (Fsp3) is 1.00. The van der Waals surface area contributed by atoms with Gasteiger partial charge in [-0.15, -0.1) is 0 Å². The molecular formula is C26H70N3NaO4Si6U-6. The largest absolute Gasteiger partial charge is 2.00 e. The van der Waals surface area contributed by atoms with Crippen molar-refractivity contribution in [2.45, 2.75) is 144 Å². The van der Waals surface area contributed by atoms with Gasteiger partial charge in [0.15, 0.2) is 0 Å². The Hall–Kier alpha value is 3.07. The van der Waals surface area contributed by atoms with Gasteiger partial charge >= 0.3 is 29.6 Å². The van der Waals surface area contributed by atoms with E-state index in [-0.39, 0.29) is 71.6 Å². The zero-order valence-electron chi connectivity index (χ0n) is 31.1. The minimum Gasteiger partial charge on any atom is -2.00 e. The molecule has 0 amide bonds. The van der Waals surface area contributed by atoms with Gasteiger partial charge in [-0.2, -0.15) is 0 Å². The Kier molecular flexibility index (Phi) is 40.8. The average molecular weight is 918 g/mol. The van der Waals surface area contributed by atoms with Crippen LogP contribution in [0.25, 0.3) is 13.9 Å². The van der Waals surface area contributed by atoms with Gasteiger partial charge in [-0.25, -0.2) is 0 Å². The van der Waals surface area contributed by atoms with E-state index < -0.39 is 49.4 Å². The quantitative estimate of drug-likeness (QED) is 0.258. The first kappa shape index (κ1) is 59.5. The summed E-state index contributed by atoms with van der Waals surface area (Å²) in [5, 5.41) is 0. The van der Waals surface area contributed by atoms with Crippen LogP contribution in [0.3, 0.4) is 0 Å². The molecule has 0 bridgehead atoms. The van der Waals surface area contributed by atoms with E-state index in [1.165, 1.54) is 25.7 Å². The van der Waals surface area contributed by atoms with Crippen LogP contribution >= 0.6 is 0 Å². The maximum atomic E-state index is 4.94. The molecule has 0 aromatic rings. The van der Waals surface area contributed by atoms with Crippen LogP contribution in [-0.2, 0) is 20.4 Å². The van der Waals surface area contributed by atoms with Crippen molar-refractivity contribution < 1.29 is 81.1 Å². The Morgan fingerprint density at radius 3 is 0.488 bits per heavy atom. The molecule has 2 aliphatic heterocycles. The van der Waals surface area contributed by atoms with E-state index in [4.69, 9.17) is 23.4 Å². The van der Waals surface area contributed by atoms with E-state index in [0.29, 0.717) is 0 Å². The number of ether oxygens (including phenoxy) is 2. The van der Waals surface area contributed by atoms with E-state index in [2.05, 4.69) is 118 Å². The summed E-state index contributed by atoms with van der Waals surface area (Å²) in [6, 6.07) is 0. The fourth-order valence-electron chi connectivity index (χ4n) is 4.04. The van der Waals surface area contributed by atoms with Crippen molar-refractivity contribution in [2.24, 2.45) is 0 Å². The molecule has 0 aromatic carbocycles. The Balaban J connectivity index is -0.0000000699. The molecule has 15 heteroatoms. The van der Waals surface area contributed by atoms with Gasteiger partial charge in [0.2, 0.25) is 0 Å². The van der Waals surface area contributed by atoms with Gasteiger partial charge in [0.05, 0.1) is 0 Å². The van der Waals surface area contributed by atoms with Crippen molar-refractivity contribution in [3.63, 3.8) is 0 Å². The average Bonchev–Trinajstić information content (AvgIpc) is 3.25. The molecule has 0 N–H and O–H groups in total. The van der Waals surface area contributed by atoms with Gasteiger partial charge in [0.25, 0.3) is 0 Å². The van der Waals surface area contributed by atoms with Gasteiger partial charge in [-0.1, -0.05) is 167 Å². The SMILES string of the molecule is C1CCOC1.C1CCOC1.C[Si](C)(C)[N-][Si](C)(C)C.C[Si](C)(C)[N-][Si](C)(C)C.C[Si](C)(C)[N-][Si](C)(C)C.[Na+].[O-2].[O-2].[U]. The predicted molar refractivity (Wildman–Crippen MR) is 192 cm³/mol. The second-order valence-electron chi connectivity index (χ2n) is 16.0. The Labute approximate surface area is 311 Å². The topological polar surface area (TPSA) is 118 Å². The summed E-state index contributed by atoms with van der Waals surface area (Å²) in [6.07, 6.45) is 5.11. The molecule has 2 saturated heterocycles. The molecule has 0 unspecified atom stereocenters. The van der Waals surface area contributed by atoms with E-state index in [0.717, 1.165) is 26.4 Å². The number of rotatable bonds is 6. The van der Waals surface area contributed by atoms with Gasteiger partial charge < -0.3 is 34.4 Å². The second-order valence-corrected chi connectivity index (χ2v) is 44.7. The van der Waals surface area contributed by atoms with Crippen LogP contribution in [0.5, 0.6) is 0 Å². The first-order valence-corrected chi connectivity index (χ1v) is 35.2. The Bertz CT molecular complexity index is 431. The standard InChI is InChI=1S/3C6H18NSi2.2C4H8O.Na.2O.U/c3*1-8(2,3)7-9(4,5)6;2*1-2-4-5-3-1;;;;/h3*1-6H3;2*1-4H2;;;;/q3*-1;;;+1;2*-2;. The molecule has 2 aliphatic rings. The van der Waals surface area contributed by atoms with Crippen molar-refractivity contribution in [1.82, 2.24) is 0 Å². The molecule has 0 aliphatic carbocycles. The van der Waals surface area contributed by atoms with Crippen LogP contribution in [0.1, 0.15) is 25.7 Å². The number of hydrogen-bond donors (Lipinski definition) is 0. The third-order valence-corrected chi connectivity index (χ3v) is 19.8. The molecular weight excluding hydrogens is 848 g/mol. The molecule has 0 atom stereocenters. The van der Waals surface area contributed by atoms with Crippen LogP contribution in [-0.4, -0.2) is 75.8 Å². The summed E-state index contributed by atoms with van der Waals surface area (Å²) in [4.78, 5) is 0. The monoisotopic (exact) mass is 917 g/mol. The zero-order chi connectivity index (χ0) is 30.2. The minimum absolute atomic E-state index is 0. The molecule has 2 fully saturated rings. The molecule has 0 saturated carbocycles. The van der Waals surface area contributed by atoms with Crippen molar-refractivity contribution in [1.29, 1.82) is 0 Å². The zero-order valence-corrected chi connectivity index (χ0v) is 43.3. The van der Waals surface area contributed by atoms with Crippen LogP contribution in [0.2, 0.25) is 118 Å². The summed E-state index contributed by atoms with van der Waals surface area (Å²) in [5.74, 6) is 0. The molecule has 2 rings (SSSR count). The third-order valence-electron chi connectivity index (χ3n) is 3.67. The molecule has 248 valence electrons. The van der Waals surface area contributed by atoms with Crippen molar-refractivity contribution in [3.8, 4) is 0 Å². The summed E-state index contributed by atoms with van der Waals surface area (Å²) in [7, 11) is -6.64. The Morgan fingerprint density at radius 2 is 0.463 bits per heavy atom. The van der Waals surface area contributed by atoms with Crippen LogP contribution in [0.4, 0.5) is 0 Å². The molecule has 2 heterocycles. The fourth-order valence-corrected chi connectivity index (χ4v) is 28.2. The molecule has 0 spiro atoms. The smallest absolute Gasteiger partial charge is 1.00 e. The maximum absolute atomic E-state index is 4.94. The summed E-state index contributed by atoms with van der Waals surface area (Å²) < 4.78 is 24.3. The first-order chi connectivity index (χ1) is 16.1. The van der Waals surface area contributed by atoms with Crippen molar-refractivity contribution in [2.75, 3.05) is 26.4 Å². The van der Waals surface area contributed by atoms with Crippen molar-refractivity contribution in [3.05, 3.63) is 13.9 Å². The molecule has 0 aromatic heterocycles. The number of nitrogens with zero attached hydrogens (tertiary/aromatic N) is 3. The second kappa shape index (κ2) is 28.1. The van der Waals surface area contributed by atoms with Crippen molar-refractivity contribution >= 4 is 49.4 Å². The van der Waals surface area contributed by atoms with Gasteiger partial charge in [-0.05, 0) is 25.7 Å². The van der Waals surface area contributed by atoms with E-state index >= 15 is 0 Å². The Morgan fingerprint density at radius 1 is 0.341 bits per heavy atom. The van der Waals surface area contributed by atoms with E-state index in [1.54, 1.807) is 0 Å². The van der Waals surface area contributed by atoms with Crippen LogP contribution < -0.4 is 29.6 Å².